The predicted molar refractivity (Wildman–Crippen MR) is 92.8 cm³/mol. The summed E-state index contributed by atoms with van der Waals surface area (Å²) < 4.78 is 0.834. The number of halogens is 1. The third-order valence-corrected chi connectivity index (χ3v) is 5.39. The highest BCUT2D eigenvalue weighted by atomic mass is 35.5. The van der Waals surface area contributed by atoms with E-state index in [4.69, 9.17) is 17.4 Å². The van der Waals surface area contributed by atoms with Gasteiger partial charge in [-0.05, 0) is 30.0 Å². The van der Waals surface area contributed by atoms with Crippen LogP contribution in [-0.4, -0.2) is 6.04 Å². The van der Waals surface area contributed by atoms with E-state index in [-0.39, 0.29) is 6.04 Å². The van der Waals surface area contributed by atoms with Gasteiger partial charge in [0.2, 0.25) is 0 Å². The molecule has 1 aromatic heterocycles. The number of hydrogen-bond acceptors (Lipinski definition) is 3. The molecule has 2 aromatic rings. The largest absolute Gasteiger partial charge is 0.271 e. The van der Waals surface area contributed by atoms with E-state index in [0.717, 1.165) is 17.2 Å². The van der Waals surface area contributed by atoms with Crippen molar-refractivity contribution in [2.45, 2.75) is 38.6 Å². The van der Waals surface area contributed by atoms with Gasteiger partial charge in [0, 0.05) is 16.8 Å². The quantitative estimate of drug-likeness (QED) is 0.577. The van der Waals surface area contributed by atoms with Crippen molar-refractivity contribution in [2.75, 3.05) is 0 Å². The Morgan fingerprint density at radius 1 is 1.19 bits per heavy atom. The predicted octanol–water partition coefficient (Wildman–Crippen LogP) is 4.61. The Morgan fingerprint density at radius 3 is 2.43 bits per heavy atom. The van der Waals surface area contributed by atoms with Gasteiger partial charge in [-0.25, -0.2) is 0 Å². The van der Waals surface area contributed by atoms with Crippen LogP contribution in [0.1, 0.15) is 36.6 Å². The first-order valence-electron chi connectivity index (χ1n) is 7.41. The van der Waals surface area contributed by atoms with Crippen molar-refractivity contribution >= 4 is 22.9 Å². The minimum absolute atomic E-state index is 0.206. The van der Waals surface area contributed by atoms with Crippen LogP contribution >= 0.6 is 22.9 Å². The second-order valence-corrected chi connectivity index (χ2v) is 7.30. The maximum Gasteiger partial charge on any atom is 0.0931 e. The zero-order valence-electron chi connectivity index (χ0n) is 12.6. The van der Waals surface area contributed by atoms with Gasteiger partial charge in [-0.3, -0.25) is 11.3 Å². The third-order valence-electron chi connectivity index (χ3n) is 4.14. The molecule has 0 aliphatic heterocycles. The van der Waals surface area contributed by atoms with Gasteiger partial charge < -0.3 is 0 Å². The molecular formula is C17H23ClN2S. The van der Waals surface area contributed by atoms with Crippen molar-refractivity contribution < 1.29 is 0 Å². The highest BCUT2D eigenvalue weighted by Gasteiger charge is 2.27. The summed E-state index contributed by atoms with van der Waals surface area (Å²) in [5, 5.41) is 0. The molecule has 0 bridgehead atoms. The maximum atomic E-state index is 6.04. The van der Waals surface area contributed by atoms with E-state index >= 15 is 0 Å². The lowest BCUT2D eigenvalue weighted by atomic mass is 9.79. The summed E-state index contributed by atoms with van der Waals surface area (Å²) in [5.74, 6) is 6.83. The van der Waals surface area contributed by atoms with Crippen molar-refractivity contribution in [3.8, 4) is 0 Å². The van der Waals surface area contributed by atoms with Crippen molar-refractivity contribution in [1.29, 1.82) is 0 Å². The van der Waals surface area contributed by atoms with Crippen LogP contribution in [0.3, 0.4) is 0 Å². The molecule has 3 atom stereocenters. The summed E-state index contributed by atoms with van der Waals surface area (Å²) in [6.45, 7) is 4.53. The van der Waals surface area contributed by atoms with Crippen molar-refractivity contribution in [3.63, 3.8) is 0 Å². The molecule has 0 aliphatic rings. The number of benzene rings is 1. The average Bonchev–Trinajstić information content (AvgIpc) is 2.92. The molecule has 4 heteroatoms. The lowest BCUT2D eigenvalue weighted by Crippen LogP contribution is -2.43. The van der Waals surface area contributed by atoms with Crippen LogP contribution < -0.4 is 11.3 Å². The number of nitrogens with one attached hydrogen (secondary N) is 1. The lowest BCUT2D eigenvalue weighted by molar-refractivity contribution is 0.336. The van der Waals surface area contributed by atoms with Gasteiger partial charge in [0.25, 0.3) is 0 Å². The Hall–Kier alpha value is -0.870. The molecule has 0 aliphatic carbocycles. The fourth-order valence-corrected chi connectivity index (χ4v) is 4.00. The molecule has 2 nitrogen and oxygen atoms in total. The van der Waals surface area contributed by atoms with Crippen LogP contribution in [0.2, 0.25) is 4.34 Å². The normalized spacial score (nSPS) is 15.6. The molecule has 1 heterocycles. The molecule has 0 saturated heterocycles. The van der Waals surface area contributed by atoms with Crippen LogP contribution in [-0.2, 0) is 6.42 Å². The van der Waals surface area contributed by atoms with Crippen LogP contribution in [0.4, 0.5) is 0 Å². The molecule has 114 valence electrons. The van der Waals surface area contributed by atoms with E-state index in [1.807, 2.05) is 6.07 Å². The fraction of sp³-hybridized carbons (Fsp3) is 0.412. The highest BCUT2D eigenvalue weighted by Crippen LogP contribution is 2.33. The fourth-order valence-electron chi connectivity index (χ4n) is 2.85. The minimum atomic E-state index is 0.206. The molecule has 3 unspecified atom stereocenters. The average molecular weight is 323 g/mol. The molecule has 0 fully saturated rings. The molecule has 1 aromatic carbocycles. The number of hydrazine groups is 1. The van der Waals surface area contributed by atoms with Crippen LogP contribution in [0.25, 0.3) is 0 Å². The molecule has 2 rings (SSSR count). The summed E-state index contributed by atoms with van der Waals surface area (Å²) in [7, 11) is 0. The van der Waals surface area contributed by atoms with Crippen LogP contribution in [0.5, 0.6) is 0 Å². The SMILES string of the molecule is CCC(C)C(c1ccccc1)C(Cc1ccc(Cl)s1)NN. The zero-order valence-corrected chi connectivity index (χ0v) is 14.1. The Balaban J connectivity index is 2.24. The first-order chi connectivity index (χ1) is 10.2. The second-order valence-electron chi connectivity index (χ2n) is 5.51. The lowest BCUT2D eigenvalue weighted by Gasteiger charge is -2.31. The summed E-state index contributed by atoms with van der Waals surface area (Å²) >= 11 is 7.67. The first kappa shape index (κ1) is 16.5. The standard InChI is InChI=1S/C17H23ClN2S/c1-3-12(2)17(13-7-5-4-6-8-13)15(20-19)11-14-9-10-16(18)21-14/h4-10,12,15,17,20H,3,11,19H2,1-2H3. The number of nitrogens with two attached hydrogens (primary N) is 1. The molecular weight excluding hydrogens is 300 g/mol. The van der Waals surface area contributed by atoms with E-state index in [0.29, 0.717) is 11.8 Å². The second kappa shape index (κ2) is 7.95. The van der Waals surface area contributed by atoms with Gasteiger partial charge in [-0.2, -0.15) is 0 Å². The van der Waals surface area contributed by atoms with Crippen LogP contribution in [0.15, 0.2) is 42.5 Å². The van der Waals surface area contributed by atoms with E-state index in [9.17, 15) is 0 Å². The maximum absolute atomic E-state index is 6.04. The number of thiophene rings is 1. The number of hydrogen-bond donors (Lipinski definition) is 2. The van der Waals surface area contributed by atoms with Gasteiger partial charge in [-0.1, -0.05) is 62.2 Å². The summed E-state index contributed by atoms with van der Waals surface area (Å²) in [6, 6.07) is 14.9. The molecule has 0 saturated carbocycles. The van der Waals surface area contributed by atoms with Gasteiger partial charge in [0.15, 0.2) is 0 Å². The minimum Gasteiger partial charge on any atom is -0.271 e. The van der Waals surface area contributed by atoms with E-state index in [1.54, 1.807) is 11.3 Å². The monoisotopic (exact) mass is 322 g/mol. The summed E-state index contributed by atoms with van der Waals surface area (Å²) in [5.41, 5.74) is 4.38. The Kier molecular flexibility index (Phi) is 6.24. The van der Waals surface area contributed by atoms with Gasteiger partial charge in [0.05, 0.1) is 4.34 Å². The first-order valence-corrected chi connectivity index (χ1v) is 8.60. The molecule has 0 amide bonds. The smallest absolute Gasteiger partial charge is 0.0931 e. The van der Waals surface area contributed by atoms with E-state index < -0.39 is 0 Å². The third kappa shape index (κ3) is 4.30. The van der Waals surface area contributed by atoms with Crippen molar-refractivity contribution in [1.82, 2.24) is 5.43 Å². The van der Waals surface area contributed by atoms with Crippen molar-refractivity contribution in [2.24, 2.45) is 11.8 Å². The Morgan fingerprint density at radius 2 is 1.90 bits per heavy atom. The Bertz CT molecular complexity index is 541. The molecule has 0 radical (unpaired) electrons. The Labute approximate surface area is 136 Å². The summed E-state index contributed by atoms with van der Waals surface area (Å²) in [4.78, 5) is 1.27. The van der Waals surface area contributed by atoms with Gasteiger partial charge >= 0.3 is 0 Å². The number of rotatable bonds is 7. The van der Waals surface area contributed by atoms with E-state index in [2.05, 4.69) is 55.7 Å². The van der Waals surface area contributed by atoms with Crippen LogP contribution in [0, 0.1) is 5.92 Å². The molecule has 21 heavy (non-hydrogen) atoms. The summed E-state index contributed by atoms with van der Waals surface area (Å²) in [6.07, 6.45) is 2.03. The van der Waals surface area contributed by atoms with E-state index in [1.165, 1.54) is 10.4 Å². The topological polar surface area (TPSA) is 38.0 Å². The van der Waals surface area contributed by atoms with Gasteiger partial charge in [-0.15, -0.1) is 11.3 Å². The van der Waals surface area contributed by atoms with Gasteiger partial charge in [0.1, 0.15) is 0 Å². The zero-order chi connectivity index (χ0) is 15.2. The van der Waals surface area contributed by atoms with Crippen molar-refractivity contribution in [3.05, 3.63) is 57.2 Å². The molecule has 3 N–H and O–H groups in total. The molecule has 0 spiro atoms. The highest BCUT2D eigenvalue weighted by molar-refractivity contribution is 7.16.